The number of aryl methyl sites for hydroxylation is 24. The molecule has 0 bridgehead atoms. The average Bonchev–Trinajstić information content (AvgIpc) is 0.892. The van der Waals surface area contributed by atoms with Crippen molar-refractivity contribution in [3.8, 4) is 0 Å². The quantitative estimate of drug-likeness (QED) is 0.138. The lowest BCUT2D eigenvalue weighted by Gasteiger charge is -2.03. The highest BCUT2D eigenvalue weighted by atomic mass is 32.1. The van der Waals surface area contributed by atoms with Crippen LogP contribution >= 0.6 is 22.7 Å². The molecule has 0 N–H and O–H groups in total. The number of aromatic nitrogens is 12. The van der Waals surface area contributed by atoms with Crippen LogP contribution in [0.5, 0.6) is 0 Å². The molecule has 0 fully saturated rings. The first-order valence-corrected chi connectivity index (χ1v) is 40.9. The minimum atomic E-state index is 0.623. The van der Waals surface area contributed by atoms with Gasteiger partial charge in [-0.05, 0) is 245 Å². The second-order valence-corrected chi connectivity index (χ2v) is 31.9. The summed E-state index contributed by atoms with van der Waals surface area (Å²) >= 11 is 3.35. The van der Waals surface area contributed by atoms with Crippen LogP contribution in [0.2, 0.25) is 0 Å². The maximum absolute atomic E-state index is 4.97. The topological polar surface area (TPSA) is 218 Å². The molecule has 19 heteroatoms. The Hall–Kier alpha value is -11.9. The first-order valence-electron chi connectivity index (χ1n) is 39.3. The molecule has 0 saturated carbocycles. The fourth-order valence-corrected chi connectivity index (χ4v) is 12.1. The van der Waals surface area contributed by atoms with E-state index < -0.39 is 0 Å². The van der Waals surface area contributed by atoms with Crippen molar-refractivity contribution in [2.75, 3.05) is 0 Å². The van der Waals surface area contributed by atoms with E-state index in [1.54, 1.807) is 61.3 Å². The van der Waals surface area contributed by atoms with Crippen molar-refractivity contribution in [2.24, 2.45) is 15.2 Å². The SMILES string of the molecule is CC1=CN=C(C)C1.CC1=NN=C(C)C1.Cc1ccc(C)c2ccccc12.Cc1ccc(C)cc1.Cc1ccc2cc(C)ccc2c1.Cc1cccc(C)c1.Cc1cccc2c(C)cccc12.Cc1ccnc(C)n1.Cc1cnc(C)nc1.Cc1cnc(C)o1.Cc1cnc(C)s1.Cc1cncc(C)n1.Cc1nnc(C)o1.Cc1nnc(C)s1. The zero-order valence-electron chi connectivity index (χ0n) is 75.0. The Morgan fingerprint density at radius 1 is 0.297 bits per heavy atom. The summed E-state index contributed by atoms with van der Waals surface area (Å²) in [4.78, 5) is 37.2. The lowest BCUT2D eigenvalue weighted by molar-refractivity contribution is 0.489. The van der Waals surface area contributed by atoms with Gasteiger partial charge in [0.15, 0.2) is 5.89 Å². The fourth-order valence-electron chi connectivity index (χ4n) is 10.8. The Bertz CT molecular complexity index is 4910. The number of thiazole rings is 1. The zero-order chi connectivity index (χ0) is 87.2. The Morgan fingerprint density at radius 3 is 1.02 bits per heavy atom. The highest BCUT2D eigenvalue weighted by Gasteiger charge is 2.03. The molecule has 0 radical (unpaired) electrons. The molecule has 7 aromatic heterocycles. The van der Waals surface area contributed by atoms with Crippen LogP contribution in [0, 0.1) is 166 Å². The molecule has 2 aliphatic heterocycles. The predicted molar refractivity (Wildman–Crippen MR) is 500 cm³/mol. The van der Waals surface area contributed by atoms with E-state index in [0.717, 1.165) is 85.2 Å². The summed E-state index contributed by atoms with van der Waals surface area (Å²) in [5.41, 5.74) is 22.4. The Labute approximate surface area is 710 Å². The molecule has 0 atom stereocenters. The van der Waals surface area contributed by atoms with E-state index in [1.807, 2.05) is 128 Å². The van der Waals surface area contributed by atoms with E-state index in [2.05, 4.69) is 316 Å². The third-order valence-corrected chi connectivity index (χ3v) is 18.2. The number of rotatable bonds is 0. The first kappa shape index (κ1) is 98.4. The van der Waals surface area contributed by atoms with Gasteiger partial charge in [-0.15, -0.1) is 43.1 Å². The first-order chi connectivity index (χ1) is 56.0. The zero-order valence-corrected chi connectivity index (χ0v) is 76.6. The highest BCUT2D eigenvalue weighted by Crippen LogP contribution is 2.23. The maximum Gasteiger partial charge on any atom is 0.213 e. The second kappa shape index (κ2) is 53.3. The van der Waals surface area contributed by atoms with Gasteiger partial charge < -0.3 is 8.83 Å². The Balaban J connectivity index is 0.000000269. The lowest BCUT2D eigenvalue weighted by atomic mass is 10.0. The Kier molecular flexibility index (Phi) is 44.5. The van der Waals surface area contributed by atoms with Gasteiger partial charge >= 0.3 is 0 Å². The van der Waals surface area contributed by atoms with Crippen molar-refractivity contribution in [3.63, 3.8) is 0 Å². The molecular formula is C99H123N15O2S2. The van der Waals surface area contributed by atoms with Gasteiger partial charge in [0, 0.05) is 105 Å². The van der Waals surface area contributed by atoms with Crippen LogP contribution in [0.15, 0.2) is 243 Å². The van der Waals surface area contributed by atoms with Gasteiger partial charge in [-0.2, -0.15) is 10.2 Å². The average molecular weight is 1620 g/mol. The number of oxazole rings is 1. The minimum Gasteiger partial charge on any atom is -0.446 e. The number of nitrogens with zero attached hydrogens (tertiary/aromatic N) is 15. The van der Waals surface area contributed by atoms with E-state index >= 15 is 0 Å². The Morgan fingerprint density at radius 2 is 0.746 bits per heavy atom. The molecule has 618 valence electrons. The molecule has 15 aromatic rings. The van der Waals surface area contributed by atoms with Crippen LogP contribution < -0.4 is 0 Å². The molecule has 0 saturated heterocycles. The summed E-state index contributed by atoms with van der Waals surface area (Å²) < 4.78 is 9.83. The molecule has 0 spiro atoms. The molecule has 9 heterocycles. The minimum absolute atomic E-state index is 0.623. The van der Waals surface area contributed by atoms with E-state index in [-0.39, 0.29) is 0 Å². The molecule has 17 rings (SSSR count). The van der Waals surface area contributed by atoms with Crippen molar-refractivity contribution >= 4 is 72.1 Å². The van der Waals surface area contributed by atoms with Crippen LogP contribution in [0.4, 0.5) is 0 Å². The fraction of sp³-hybridized carbons (Fsp3) is 0.303. The lowest BCUT2D eigenvalue weighted by Crippen LogP contribution is -1.90. The molecule has 17 nitrogen and oxygen atoms in total. The molecule has 0 amide bonds. The van der Waals surface area contributed by atoms with Gasteiger partial charge in [0.25, 0.3) is 0 Å². The van der Waals surface area contributed by atoms with Crippen molar-refractivity contribution in [1.82, 2.24) is 60.3 Å². The van der Waals surface area contributed by atoms with Crippen molar-refractivity contribution in [1.29, 1.82) is 0 Å². The summed E-state index contributed by atoms with van der Waals surface area (Å²) in [5, 5.41) is 33.8. The van der Waals surface area contributed by atoms with E-state index in [1.165, 1.54) is 104 Å². The van der Waals surface area contributed by atoms with E-state index in [9.17, 15) is 0 Å². The van der Waals surface area contributed by atoms with Crippen LogP contribution in [0.3, 0.4) is 0 Å². The summed E-state index contributed by atoms with van der Waals surface area (Å²) in [7, 11) is 0. The van der Waals surface area contributed by atoms with Crippen LogP contribution in [-0.4, -0.2) is 77.4 Å². The van der Waals surface area contributed by atoms with Crippen molar-refractivity contribution < 1.29 is 8.83 Å². The van der Waals surface area contributed by atoms with E-state index in [4.69, 9.17) is 8.83 Å². The summed E-state index contributed by atoms with van der Waals surface area (Å²) in [5.74, 6) is 4.52. The van der Waals surface area contributed by atoms with Gasteiger partial charge in [-0.25, -0.2) is 29.9 Å². The number of aliphatic imine (C=N–C) groups is 1. The summed E-state index contributed by atoms with van der Waals surface area (Å²) in [6.45, 7) is 56.1. The molecule has 118 heavy (non-hydrogen) atoms. The van der Waals surface area contributed by atoms with E-state index in [0.29, 0.717) is 11.8 Å². The molecule has 0 aliphatic carbocycles. The molecule has 0 unspecified atom stereocenters. The highest BCUT2D eigenvalue weighted by molar-refractivity contribution is 7.11. The largest absolute Gasteiger partial charge is 0.446 e. The maximum atomic E-state index is 4.97. The van der Waals surface area contributed by atoms with Crippen LogP contribution in [0.25, 0.3) is 32.3 Å². The van der Waals surface area contributed by atoms with Gasteiger partial charge in [0.2, 0.25) is 11.8 Å². The summed E-state index contributed by atoms with van der Waals surface area (Å²) in [6.07, 6.45) is 16.4. The van der Waals surface area contributed by atoms with Gasteiger partial charge in [0.05, 0.1) is 22.6 Å². The number of fused-ring (bicyclic) bond motifs is 3. The molecule has 2 aliphatic rings. The number of allylic oxidation sites excluding steroid dienone is 1. The third-order valence-electron chi connectivity index (χ3n) is 16.6. The van der Waals surface area contributed by atoms with Crippen molar-refractivity contribution in [3.05, 3.63) is 352 Å². The van der Waals surface area contributed by atoms with Gasteiger partial charge in [0.1, 0.15) is 27.4 Å². The second-order valence-electron chi connectivity index (χ2n) is 29.0. The van der Waals surface area contributed by atoms with Gasteiger partial charge in [-0.1, -0.05) is 191 Å². The third kappa shape index (κ3) is 42.1. The van der Waals surface area contributed by atoms with Crippen LogP contribution in [0.1, 0.15) is 174 Å². The number of hydrogen-bond acceptors (Lipinski definition) is 19. The monoisotopic (exact) mass is 1620 g/mol. The number of benzene rings is 8. The standard InChI is InChI=1S/3C12H12.2C8H10.3C6H8N2.C6H9N.C5H8N2.C5H7NO.C5H7NS.C4H6N2O.C4H6N2S/c1-9-3-5-12-8-10(2)4-6-11(12)7-9;1-9-5-3-8-12-10(2)6-4-7-11(9)12;1-9-7-8-10(2)12-6-4-3-5-11(9)12;1-7-3-5-8(2)6-4-7;1-7-4-3-5-8(2)6-7;1-5-3-7-4-6(2)8-5;1-5-3-7-6(2)8-4-5;1-5-3-4-7-6(2)8-5;1-5-3-6(2)7-4-5;1-4-3-5(2)7-6-4;2*1-4-3-6-5(2)7-4;2*1-3-5-6-4(2)7-3/h3*3-8H,1-2H3;2*3-6H,1-2H3;3*3-4H,1-2H3;4H,3H2,1-2H3;3H2,1-2H3;2*3H,1-2H3;2*1-2H3. The summed E-state index contributed by atoms with van der Waals surface area (Å²) in [6, 6.07) is 57.7. The predicted octanol–water partition coefficient (Wildman–Crippen LogP) is 26.1. The molecular weight excluding hydrogens is 1500 g/mol. The van der Waals surface area contributed by atoms with Gasteiger partial charge in [-0.3, -0.25) is 15.0 Å². The number of hydrogen-bond donors (Lipinski definition) is 0. The molecule has 8 aromatic carbocycles. The normalized spacial score (nSPS) is 10.8. The van der Waals surface area contributed by atoms with Crippen LogP contribution in [-0.2, 0) is 0 Å². The van der Waals surface area contributed by atoms with Crippen molar-refractivity contribution in [2.45, 2.75) is 207 Å². The smallest absolute Gasteiger partial charge is 0.213 e.